The van der Waals surface area contributed by atoms with E-state index in [9.17, 15) is 9.59 Å². The van der Waals surface area contributed by atoms with Gasteiger partial charge < -0.3 is 0 Å². The van der Waals surface area contributed by atoms with Gasteiger partial charge in [0.05, 0.1) is 11.8 Å². The van der Waals surface area contributed by atoms with Gasteiger partial charge in [-0.05, 0) is 39.7 Å². The molecule has 5 heteroatoms. The molecule has 3 rings (SSSR count). The standard InChI is InChI=1S/C15H17N3O2/c1-8-4-5-11-12(6-8)14(20)18(13(11)19)15-16-9(2)7-10(3)17-15/h4,7,11-12H,5-6H2,1-3H3/t11-,12-/m0/s1. The lowest BCUT2D eigenvalue weighted by Crippen LogP contribution is -2.32. The minimum absolute atomic E-state index is 0.155. The molecule has 1 aromatic heterocycles. The van der Waals surface area contributed by atoms with Crippen molar-refractivity contribution in [3.63, 3.8) is 0 Å². The van der Waals surface area contributed by atoms with Gasteiger partial charge in [-0.1, -0.05) is 11.6 Å². The summed E-state index contributed by atoms with van der Waals surface area (Å²) in [7, 11) is 0. The maximum atomic E-state index is 12.5. The van der Waals surface area contributed by atoms with Crippen LogP contribution in [0.4, 0.5) is 5.95 Å². The Bertz CT molecular complexity index is 616. The third-order valence-corrected chi connectivity index (χ3v) is 3.99. The van der Waals surface area contributed by atoms with Gasteiger partial charge in [0.1, 0.15) is 0 Å². The zero-order valence-corrected chi connectivity index (χ0v) is 11.9. The Hall–Kier alpha value is -2.04. The molecule has 2 heterocycles. The quantitative estimate of drug-likeness (QED) is 0.578. The van der Waals surface area contributed by atoms with E-state index in [1.54, 1.807) is 0 Å². The highest BCUT2D eigenvalue weighted by atomic mass is 16.2. The van der Waals surface area contributed by atoms with Crippen LogP contribution in [0.25, 0.3) is 0 Å². The third kappa shape index (κ3) is 1.94. The largest absolute Gasteiger partial charge is 0.274 e. The van der Waals surface area contributed by atoms with Crippen molar-refractivity contribution in [3.8, 4) is 0 Å². The van der Waals surface area contributed by atoms with E-state index in [0.717, 1.165) is 11.4 Å². The number of allylic oxidation sites excluding steroid dienone is 2. The van der Waals surface area contributed by atoms with Crippen molar-refractivity contribution in [1.29, 1.82) is 0 Å². The Morgan fingerprint density at radius 2 is 1.65 bits per heavy atom. The second-order valence-corrected chi connectivity index (χ2v) is 5.67. The number of fused-ring (bicyclic) bond motifs is 1. The van der Waals surface area contributed by atoms with Crippen molar-refractivity contribution in [2.45, 2.75) is 33.6 Å². The molecule has 2 atom stereocenters. The molecule has 0 N–H and O–H groups in total. The van der Waals surface area contributed by atoms with E-state index in [0.29, 0.717) is 12.8 Å². The van der Waals surface area contributed by atoms with E-state index in [1.807, 2.05) is 26.8 Å². The first-order chi connectivity index (χ1) is 9.47. The molecule has 1 saturated heterocycles. The number of aromatic nitrogens is 2. The summed E-state index contributed by atoms with van der Waals surface area (Å²) in [5.74, 6) is -0.566. The average molecular weight is 271 g/mol. The van der Waals surface area contributed by atoms with Crippen molar-refractivity contribution >= 4 is 17.8 Å². The molecular weight excluding hydrogens is 254 g/mol. The highest BCUT2D eigenvalue weighted by Crippen LogP contribution is 2.38. The predicted octanol–water partition coefficient (Wildman–Crippen LogP) is 1.94. The lowest BCUT2D eigenvalue weighted by atomic mass is 9.82. The number of hydrogen-bond donors (Lipinski definition) is 0. The number of anilines is 1. The van der Waals surface area contributed by atoms with E-state index in [1.165, 1.54) is 10.5 Å². The monoisotopic (exact) mass is 271 g/mol. The van der Waals surface area contributed by atoms with Gasteiger partial charge in [-0.15, -0.1) is 0 Å². The Kier molecular flexibility index (Phi) is 2.92. The summed E-state index contributed by atoms with van der Waals surface area (Å²) in [6, 6.07) is 1.83. The van der Waals surface area contributed by atoms with Crippen molar-refractivity contribution in [2.75, 3.05) is 4.90 Å². The summed E-state index contributed by atoms with van der Waals surface area (Å²) in [6.45, 7) is 5.67. The van der Waals surface area contributed by atoms with E-state index in [-0.39, 0.29) is 29.6 Å². The lowest BCUT2D eigenvalue weighted by Gasteiger charge is -2.18. The SMILES string of the molecule is CC1=CC[C@@H]2C(=O)N(c3nc(C)cc(C)n3)C(=O)[C@H]2C1. The minimum Gasteiger partial charge on any atom is -0.274 e. The molecule has 1 fully saturated rings. The first-order valence-corrected chi connectivity index (χ1v) is 6.83. The van der Waals surface area contributed by atoms with Gasteiger partial charge in [-0.3, -0.25) is 9.59 Å². The summed E-state index contributed by atoms with van der Waals surface area (Å²) < 4.78 is 0. The first kappa shape index (κ1) is 13.0. The number of aryl methyl sites for hydroxylation is 2. The number of nitrogens with zero attached hydrogens (tertiary/aromatic N) is 3. The summed E-state index contributed by atoms with van der Waals surface area (Å²) in [5.41, 5.74) is 2.70. The number of carbonyl (C=O) groups excluding carboxylic acids is 2. The smallest absolute Gasteiger partial charge is 0.240 e. The Balaban J connectivity index is 2.00. The number of amides is 2. The molecule has 0 unspecified atom stereocenters. The molecular formula is C15H17N3O2. The van der Waals surface area contributed by atoms with Crippen LogP contribution in [-0.4, -0.2) is 21.8 Å². The molecule has 0 saturated carbocycles. The molecule has 2 aliphatic rings. The van der Waals surface area contributed by atoms with E-state index < -0.39 is 0 Å². The molecule has 0 spiro atoms. The van der Waals surface area contributed by atoms with E-state index >= 15 is 0 Å². The molecule has 0 bridgehead atoms. The fraction of sp³-hybridized carbons (Fsp3) is 0.467. The Morgan fingerprint density at radius 3 is 2.30 bits per heavy atom. The fourth-order valence-corrected chi connectivity index (χ4v) is 3.04. The van der Waals surface area contributed by atoms with Crippen molar-refractivity contribution < 1.29 is 9.59 Å². The van der Waals surface area contributed by atoms with E-state index in [4.69, 9.17) is 0 Å². The number of imide groups is 1. The fourth-order valence-electron chi connectivity index (χ4n) is 3.04. The lowest BCUT2D eigenvalue weighted by molar-refractivity contribution is -0.122. The average Bonchev–Trinajstić information content (AvgIpc) is 2.60. The highest BCUT2D eigenvalue weighted by Gasteiger charge is 2.49. The van der Waals surface area contributed by atoms with Crippen LogP contribution < -0.4 is 4.90 Å². The van der Waals surface area contributed by atoms with Crippen molar-refractivity contribution in [2.24, 2.45) is 11.8 Å². The highest BCUT2D eigenvalue weighted by molar-refractivity contribution is 6.21. The Morgan fingerprint density at radius 1 is 1.05 bits per heavy atom. The molecule has 104 valence electrons. The summed E-state index contributed by atoms with van der Waals surface area (Å²) in [5, 5.41) is 0. The van der Waals surface area contributed by atoms with Crippen LogP contribution in [0.3, 0.4) is 0 Å². The van der Waals surface area contributed by atoms with Crippen LogP contribution in [0.1, 0.15) is 31.2 Å². The van der Waals surface area contributed by atoms with Crippen LogP contribution >= 0.6 is 0 Å². The summed E-state index contributed by atoms with van der Waals surface area (Å²) in [4.78, 5) is 34.7. The number of carbonyl (C=O) groups is 2. The van der Waals surface area contributed by atoms with Gasteiger partial charge in [0.25, 0.3) is 0 Å². The van der Waals surface area contributed by atoms with Crippen LogP contribution in [0, 0.1) is 25.7 Å². The number of rotatable bonds is 1. The summed E-state index contributed by atoms with van der Waals surface area (Å²) >= 11 is 0. The minimum atomic E-state index is -0.240. The molecule has 5 nitrogen and oxygen atoms in total. The normalized spacial score (nSPS) is 25.8. The maximum Gasteiger partial charge on any atom is 0.240 e. The second kappa shape index (κ2) is 4.51. The van der Waals surface area contributed by atoms with Crippen LogP contribution in [0.15, 0.2) is 17.7 Å². The van der Waals surface area contributed by atoms with Gasteiger partial charge in [0.2, 0.25) is 17.8 Å². The Labute approximate surface area is 117 Å². The van der Waals surface area contributed by atoms with Crippen LogP contribution in [0.2, 0.25) is 0 Å². The van der Waals surface area contributed by atoms with E-state index in [2.05, 4.69) is 16.0 Å². The molecule has 0 radical (unpaired) electrons. The van der Waals surface area contributed by atoms with Gasteiger partial charge in [0, 0.05) is 11.4 Å². The van der Waals surface area contributed by atoms with Crippen LogP contribution in [0.5, 0.6) is 0 Å². The third-order valence-electron chi connectivity index (χ3n) is 3.99. The zero-order valence-electron chi connectivity index (χ0n) is 11.9. The van der Waals surface area contributed by atoms with Gasteiger partial charge in [-0.25, -0.2) is 14.9 Å². The first-order valence-electron chi connectivity index (χ1n) is 6.83. The van der Waals surface area contributed by atoms with Crippen molar-refractivity contribution in [3.05, 3.63) is 29.1 Å². The van der Waals surface area contributed by atoms with Crippen molar-refractivity contribution in [1.82, 2.24) is 9.97 Å². The van der Waals surface area contributed by atoms with Gasteiger partial charge >= 0.3 is 0 Å². The maximum absolute atomic E-state index is 12.5. The number of hydrogen-bond acceptors (Lipinski definition) is 4. The molecule has 1 aliphatic heterocycles. The molecule has 1 aliphatic carbocycles. The second-order valence-electron chi connectivity index (χ2n) is 5.67. The van der Waals surface area contributed by atoms with Crippen LogP contribution in [-0.2, 0) is 9.59 Å². The van der Waals surface area contributed by atoms with Gasteiger partial charge in [-0.2, -0.15) is 0 Å². The predicted molar refractivity (Wildman–Crippen MR) is 74.0 cm³/mol. The molecule has 0 aromatic carbocycles. The molecule has 20 heavy (non-hydrogen) atoms. The molecule has 1 aromatic rings. The molecule has 2 amide bonds. The summed E-state index contributed by atoms with van der Waals surface area (Å²) in [6.07, 6.45) is 3.36. The zero-order chi connectivity index (χ0) is 14.4. The topological polar surface area (TPSA) is 63.2 Å². The van der Waals surface area contributed by atoms with Gasteiger partial charge in [0.15, 0.2) is 0 Å².